The van der Waals surface area contributed by atoms with Gasteiger partial charge in [-0.2, -0.15) is 4.80 Å². The van der Waals surface area contributed by atoms with Crippen molar-refractivity contribution >= 4 is 23.2 Å². The molecule has 0 saturated heterocycles. The number of tetrazole rings is 1. The van der Waals surface area contributed by atoms with Gasteiger partial charge in [0.15, 0.2) is 5.82 Å². The molecule has 2 rings (SSSR count). The Morgan fingerprint density at radius 3 is 2.59 bits per heavy atom. The number of aromatic nitrogens is 4. The van der Waals surface area contributed by atoms with Gasteiger partial charge in [0.25, 0.3) is 0 Å². The Hall–Kier alpha value is -1.17. The van der Waals surface area contributed by atoms with Crippen LogP contribution in [-0.2, 0) is 12.4 Å². The molecule has 0 aliphatic heterocycles. The summed E-state index contributed by atoms with van der Waals surface area (Å²) in [7, 11) is 0. The van der Waals surface area contributed by atoms with Gasteiger partial charge in [0.1, 0.15) is 6.10 Å². The van der Waals surface area contributed by atoms with Crippen molar-refractivity contribution in [1.29, 1.82) is 0 Å². The Balaban J connectivity index is 2.05. The second-order valence-electron chi connectivity index (χ2n) is 3.46. The van der Waals surface area contributed by atoms with Gasteiger partial charge in [-0.1, -0.05) is 23.7 Å². The van der Waals surface area contributed by atoms with Crippen molar-refractivity contribution < 1.29 is 5.11 Å². The molecule has 0 aliphatic rings. The van der Waals surface area contributed by atoms with Crippen LogP contribution in [0.4, 0.5) is 0 Å². The lowest BCUT2D eigenvalue weighted by Gasteiger charge is -2.09. The summed E-state index contributed by atoms with van der Waals surface area (Å²) in [5.41, 5.74) is 0.749. The van der Waals surface area contributed by atoms with E-state index in [0.29, 0.717) is 10.8 Å². The van der Waals surface area contributed by atoms with Crippen LogP contribution in [0, 0.1) is 0 Å². The molecule has 5 nitrogen and oxygen atoms in total. The molecule has 0 amide bonds. The minimum absolute atomic E-state index is 0.205. The van der Waals surface area contributed by atoms with Crippen molar-refractivity contribution in [3.8, 4) is 0 Å². The zero-order valence-corrected chi connectivity index (χ0v) is 10.3. The van der Waals surface area contributed by atoms with E-state index in [2.05, 4.69) is 15.4 Å². The highest BCUT2D eigenvalue weighted by atomic mass is 35.5. The molecule has 1 aromatic carbocycles. The molecule has 1 aromatic heterocycles. The largest absolute Gasteiger partial charge is 0.386 e. The molecular weight excluding hydrogens is 263 g/mol. The minimum Gasteiger partial charge on any atom is -0.386 e. The maximum absolute atomic E-state index is 9.94. The second kappa shape index (κ2) is 5.44. The van der Waals surface area contributed by atoms with E-state index < -0.39 is 6.10 Å². The van der Waals surface area contributed by atoms with Crippen LogP contribution in [0.3, 0.4) is 0 Å². The molecule has 0 bridgehead atoms. The number of halogens is 2. The number of alkyl halides is 1. The summed E-state index contributed by atoms with van der Waals surface area (Å²) in [5, 5.41) is 22.0. The van der Waals surface area contributed by atoms with E-state index in [1.807, 2.05) is 0 Å². The molecule has 0 aliphatic carbocycles. The second-order valence-corrected chi connectivity index (χ2v) is 4.17. The van der Waals surface area contributed by atoms with Gasteiger partial charge in [-0.05, 0) is 22.9 Å². The monoisotopic (exact) mass is 272 g/mol. The van der Waals surface area contributed by atoms with E-state index in [4.69, 9.17) is 23.2 Å². The van der Waals surface area contributed by atoms with Gasteiger partial charge >= 0.3 is 0 Å². The number of aliphatic hydroxyl groups excluding tert-OH is 1. The van der Waals surface area contributed by atoms with E-state index in [-0.39, 0.29) is 12.4 Å². The number of aliphatic hydroxyl groups is 1. The third-order valence-corrected chi connectivity index (χ3v) is 2.70. The Labute approximate surface area is 108 Å². The number of nitrogens with zero attached hydrogens (tertiary/aromatic N) is 4. The van der Waals surface area contributed by atoms with Crippen LogP contribution in [-0.4, -0.2) is 25.3 Å². The molecule has 1 unspecified atom stereocenters. The summed E-state index contributed by atoms with van der Waals surface area (Å²) >= 11 is 11.3. The van der Waals surface area contributed by atoms with Crippen LogP contribution in [0.1, 0.15) is 17.5 Å². The molecule has 0 spiro atoms. The summed E-state index contributed by atoms with van der Waals surface area (Å²) in [6.07, 6.45) is -0.704. The summed E-state index contributed by atoms with van der Waals surface area (Å²) in [6, 6.07) is 6.96. The number of hydrogen-bond acceptors (Lipinski definition) is 4. The molecule has 0 radical (unpaired) electrons. The Bertz CT molecular complexity index is 485. The fraction of sp³-hybridized carbons (Fsp3) is 0.300. The lowest BCUT2D eigenvalue weighted by molar-refractivity contribution is 0.144. The standard InChI is InChI=1S/C10H10Cl2N4O/c11-5-10-13-15-16(14-10)6-9(17)7-1-3-8(12)4-2-7/h1-4,9,17H,5-6H2. The molecule has 90 valence electrons. The van der Waals surface area contributed by atoms with Crippen molar-refractivity contribution in [2.75, 3.05) is 0 Å². The van der Waals surface area contributed by atoms with Crippen molar-refractivity contribution in [3.63, 3.8) is 0 Å². The van der Waals surface area contributed by atoms with Crippen molar-refractivity contribution in [3.05, 3.63) is 40.7 Å². The number of rotatable bonds is 4. The normalized spacial score (nSPS) is 12.6. The average molecular weight is 273 g/mol. The first-order valence-corrected chi connectivity index (χ1v) is 5.86. The Kier molecular flexibility index (Phi) is 3.93. The van der Waals surface area contributed by atoms with Crippen molar-refractivity contribution in [1.82, 2.24) is 20.2 Å². The first kappa shape index (κ1) is 12.3. The minimum atomic E-state index is -0.704. The zero-order valence-electron chi connectivity index (χ0n) is 8.79. The quantitative estimate of drug-likeness (QED) is 0.863. The number of benzene rings is 1. The van der Waals surface area contributed by atoms with E-state index in [9.17, 15) is 5.11 Å². The Morgan fingerprint density at radius 1 is 1.29 bits per heavy atom. The van der Waals surface area contributed by atoms with Crippen molar-refractivity contribution in [2.24, 2.45) is 0 Å². The molecule has 1 N–H and O–H groups in total. The van der Waals surface area contributed by atoms with E-state index in [1.165, 1.54) is 4.80 Å². The third kappa shape index (κ3) is 3.15. The van der Waals surface area contributed by atoms with Crippen molar-refractivity contribution in [2.45, 2.75) is 18.5 Å². The third-order valence-electron chi connectivity index (χ3n) is 2.20. The smallest absolute Gasteiger partial charge is 0.189 e. The molecular formula is C10H10Cl2N4O. The highest BCUT2D eigenvalue weighted by molar-refractivity contribution is 6.30. The van der Waals surface area contributed by atoms with Crippen LogP contribution in [0.25, 0.3) is 0 Å². The molecule has 0 fully saturated rings. The predicted octanol–water partition coefficient (Wildman–Crippen LogP) is 1.80. The van der Waals surface area contributed by atoms with Gasteiger partial charge in [-0.15, -0.1) is 21.8 Å². The molecule has 1 atom stereocenters. The summed E-state index contributed by atoms with van der Waals surface area (Å²) < 4.78 is 0. The summed E-state index contributed by atoms with van der Waals surface area (Å²) in [5.74, 6) is 0.645. The predicted molar refractivity (Wildman–Crippen MR) is 63.8 cm³/mol. The molecule has 1 heterocycles. The van der Waals surface area contributed by atoms with Gasteiger partial charge in [-0.3, -0.25) is 0 Å². The fourth-order valence-corrected chi connectivity index (χ4v) is 1.59. The van der Waals surface area contributed by atoms with Gasteiger partial charge in [0.05, 0.1) is 12.4 Å². The molecule has 7 heteroatoms. The lowest BCUT2D eigenvalue weighted by atomic mass is 10.1. The maximum atomic E-state index is 9.94. The first-order valence-electron chi connectivity index (χ1n) is 4.95. The lowest BCUT2D eigenvalue weighted by Crippen LogP contribution is -2.11. The van der Waals surface area contributed by atoms with E-state index in [1.54, 1.807) is 24.3 Å². The maximum Gasteiger partial charge on any atom is 0.189 e. The van der Waals surface area contributed by atoms with Crippen LogP contribution in [0.5, 0.6) is 0 Å². The molecule has 17 heavy (non-hydrogen) atoms. The van der Waals surface area contributed by atoms with Gasteiger partial charge in [-0.25, -0.2) is 0 Å². The van der Waals surface area contributed by atoms with E-state index >= 15 is 0 Å². The van der Waals surface area contributed by atoms with Gasteiger partial charge < -0.3 is 5.11 Å². The van der Waals surface area contributed by atoms with Crippen LogP contribution in [0.15, 0.2) is 24.3 Å². The summed E-state index contributed by atoms with van der Waals surface area (Å²) in [4.78, 5) is 1.32. The van der Waals surface area contributed by atoms with E-state index in [0.717, 1.165) is 5.56 Å². The van der Waals surface area contributed by atoms with Crippen LogP contribution >= 0.6 is 23.2 Å². The molecule has 0 saturated carbocycles. The fourth-order valence-electron chi connectivity index (χ4n) is 1.35. The Morgan fingerprint density at radius 2 is 2.00 bits per heavy atom. The SMILES string of the molecule is OC(Cn1nnc(CCl)n1)c1ccc(Cl)cc1. The highest BCUT2D eigenvalue weighted by Gasteiger charge is 2.10. The van der Waals surface area contributed by atoms with Gasteiger partial charge in [0, 0.05) is 5.02 Å². The first-order chi connectivity index (χ1) is 8.19. The summed E-state index contributed by atoms with van der Waals surface area (Å²) in [6.45, 7) is 0.228. The molecule has 2 aromatic rings. The number of hydrogen-bond donors (Lipinski definition) is 1. The zero-order chi connectivity index (χ0) is 12.3. The van der Waals surface area contributed by atoms with Gasteiger partial charge in [0.2, 0.25) is 0 Å². The highest BCUT2D eigenvalue weighted by Crippen LogP contribution is 2.17. The topological polar surface area (TPSA) is 63.8 Å². The van der Waals surface area contributed by atoms with Crippen LogP contribution < -0.4 is 0 Å². The average Bonchev–Trinajstić information content (AvgIpc) is 2.77. The van der Waals surface area contributed by atoms with Crippen LogP contribution in [0.2, 0.25) is 5.02 Å².